The van der Waals surface area contributed by atoms with Gasteiger partial charge in [0.25, 0.3) is 0 Å². The molecule has 1 saturated carbocycles. The second-order valence-corrected chi connectivity index (χ2v) is 4.81. The van der Waals surface area contributed by atoms with Crippen molar-refractivity contribution < 1.29 is 4.74 Å². The van der Waals surface area contributed by atoms with Gasteiger partial charge in [0.15, 0.2) is 0 Å². The Labute approximate surface area is 106 Å². The molecule has 0 aromatic heterocycles. The fourth-order valence-corrected chi connectivity index (χ4v) is 2.26. The van der Waals surface area contributed by atoms with E-state index in [-0.39, 0.29) is 5.60 Å². The lowest BCUT2D eigenvalue weighted by Crippen LogP contribution is -2.45. The first-order valence-corrected chi connectivity index (χ1v) is 6.06. The van der Waals surface area contributed by atoms with Crippen LogP contribution in [0.4, 0.5) is 5.69 Å². The van der Waals surface area contributed by atoms with Gasteiger partial charge in [0, 0.05) is 13.7 Å². The monoisotopic (exact) mass is 250 g/mol. The summed E-state index contributed by atoms with van der Waals surface area (Å²) in [4.78, 5) is 0. The SMILES string of the molecule is COC1(CNc2ccc(C#N)cc2Cl)CCC1. The molecule has 0 atom stereocenters. The highest BCUT2D eigenvalue weighted by atomic mass is 35.5. The van der Waals surface area contributed by atoms with Gasteiger partial charge in [-0.3, -0.25) is 0 Å². The van der Waals surface area contributed by atoms with Crippen LogP contribution in [0.1, 0.15) is 24.8 Å². The van der Waals surface area contributed by atoms with E-state index in [1.54, 1.807) is 19.2 Å². The number of halogens is 1. The van der Waals surface area contributed by atoms with Gasteiger partial charge < -0.3 is 10.1 Å². The highest BCUT2D eigenvalue weighted by Crippen LogP contribution is 2.35. The molecule has 0 spiro atoms. The third kappa shape index (κ3) is 2.54. The van der Waals surface area contributed by atoms with Crippen LogP contribution >= 0.6 is 11.6 Å². The average molecular weight is 251 g/mol. The summed E-state index contributed by atoms with van der Waals surface area (Å²) in [5.41, 5.74) is 1.40. The molecule has 1 N–H and O–H groups in total. The van der Waals surface area contributed by atoms with Gasteiger partial charge in [-0.2, -0.15) is 5.26 Å². The van der Waals surface area contributed by atoms with Crippen molar-refractivity contribution >= 4 is 17.3 Å². The summed E-state index contributed by atoms with van der Waals surface area (Å²) < 4.78 is 5.52. The predicted octanol–water partition coefficient (Wildman–Crippen LogP) is 3.19. The summed E-state index contributed by atoms with van der Waals surface area (Å²) in [7, 11) is 1.75. The fraction of sp³-hybridized carbons (Fsp3) is 0.462. The van der Waals surface area contributed by atoms with Gasteiger partial charge in [0.05, 0.1) is 27.9 Å². The van der Waals surface area contributed by atoms with Crippen molar-refractivity contribution in [3.63, 3.8) is 0 Å². The molecule has 90 valence electrons. The van der Waals surface area contributed by atoms with Gasteiger partial charge in [-0.15, -0.1) is 0 Å². The smallest absolute Gasteiger partial charge is 0.0992 e. The summed E-state index contributed by atoms with van der Waals surface area (Å²) in [6.45, 7) is 0.759. The molecule has 0 bridgehead atoms. The van der Waals surface area contributed by atoms with E-state index in [0.29, 0.717) is 10.6 Å². The number of benzene rings is 1. The minimum Gasteiger partial charge on any atom is -0.381 e. The molecule has 0 aliphatic heterocycles. The first-order chi connectivity index (χ1) is 8.19. The minimum atomic E-state index is -0.0305. The Morgan fingerprint density at radius 1 is 1.53 bits per heavy atom. The summed E-state index contributed by atoms with van der Waals surface area (Å²) in [6, 6.07) is 7.33. The summed E-state index contributed by atoms with van der Waals surface area (Å²) in [6.07, 6.45) is 3.39. The molecule has 1 aromatic carbocycles. The molecule has 1 aliphatic rings. The van der Waals surface area contributed by atoms with Gasteiger partial charge in [0.2, 0.25) is 0 Å². The number of hydrogen-bond acceptors (Lipinski definition) is 3. The van der Waals surface area contributed by atoms with E-state index >= 15 is 0 Å². The Morgan fingerprint density at radius 3 is 2.76 bits per heavy atom. The Kier molecular flexibility index (Phi) is 3.56. The van der Waals surface area contributed by atoms with Gasteiger partial charge >= 0.3 is 0 Å². The highest BCUT2D eigenvalue weighted by Gasteiger charge is 2.36. The molecule has 1 aliphatic carbocycles. The number of nitriles is 1. The normalized spacial score (nSPS) is 17.0. The van der Waals surface area contributed by atoms with Gasteiger partial charge in [-0.05, 0) is 37.5 Å². The largest absolute Gasteiger partial charge is 0.381 e. The molecule has 0 heterocycles. The van der Waals surface area contributed by atoms with E-state index < -0.39 is 0 Å². The maximum atomic E-state index is 8.75. The maximum Gasteiger partial charge on any atom is 0.0992 e. The molecular formula is C13H15ClN2O. The van der Waals surface area contributed by atoms with Crippen LogP contribution in [0.2, 0.25) is 5.02 Å². The van der Waals surface area contributed by atoms with Crippen LogP contribution in [-0.4, -0.2) is 19.3 Å². The number of rotatable bonds is 4. The van der Waals surface area contributed by atoms with Crippen molar-refractivity contribution in [3.8, 4) is 6.07 Å². The van der Waals surface area contributed by atoms with Crippen molar-refractivity contribution in [2.24, 2.45) is 0 Å². The molecule has 0 radical (unpaired) electrons. The molecule has 0 amide bonds. The van der Waals surface area contributed by atoms with E-state index in [9.17, 15) is 0 Å². The van der Waals surface area contributed by atoms with E-state index in [4.69, 9.17) is 21.6 Å². The first kappa shape index (κ1) is 12.2. The molecule has 17 heavy (non-hydrogen) atoms. The number of nitrogens with one attached hydrogen (secondary N) is 1. The van der Waals surface area contributed by atoms with E-state index in [1.165, 1.54) is 6.42 Å². The van der Waals surface area contributed by atoms with Crippen LogP contribution < -0.4 is 5.32 Å². The Morgan fingerprint density at radius 2 is 2.29 bits per heavy atom. The third-order valence-electron chi connectivity index (χ3n) is 3.40. The Bertz CT molecular complexity index is 444. The van der Waals surface area contributed by atoms with E-state index in [0.717, 1.165) is 25.1 Å². The molecule has 3 nitrogen and oxygen atoms in total. The van der Waals surface area contributed by atoms with Crippen LogP contribution in [0.3, 0.4) is 0 Å². The second-order valence-electron chi connectivity index (χ2n) is 4.40. The summed E-state index contributed by atoms with van der Waals surface area (Å²) in [5, 5.41) is 12.6. The van der Waals surface area contributed by atoms with Crippen LogP contribution in [-0.2, 0) is 4.74 Å². The molecular weight excluding hydrogens is 236 g/mol. The third-order valence-corrected chi connectivity index (χ3v) is 3.71. The van der Waals surface area contributed by atoms with Gasteiger partial charge in [-0.25, -0.2) is 0 Å². The number of ether oxygens (including phenoxy) is 1. The lowest BCUT2D eigenvalue weighted by molar-refractivity contribution is -0.0601. The van der Waals surface area contributed by atoms with Crippen molar-refractivity contribution in [3.05, 3.63) is 28.8 Å². The van der Waals surface area contributed by atoms with Gasteiger partial charge in [-0.1, -0.05) is 11.6 Å². The van der Waals surface area contributed by atoms with Crippen molar-refractivity contribution in [1.82, 2.24) is 0 Å². The molecule has 2 rings (SSSR count). The zero-order valence-corrected chi connectivity index (χ0v) is 10.5. The average Bonchev–Trinajstić information content (AvgIpc) is 2.30. The summed E-state index contributed by atoms with van der Waals surface area (Å²) in [5.74, 6) is 0. The highest BCUT2D eigenvalue weighted by molar-refractivity contribution is 6.33. The van der Waals surface area contributed by atoms with Crippen LogP contribution in [0.5, 0.6) is 0 Å². The van der Waals surface area contributed by atoms with Crippen molar-refractivity contribution in [2.45, 2.75) is 24.9 Å². The first-order valence-electron chi connectivity index (χ1n) is 5.68. The molecule has 0 saturated heterocycles. The quantitative estimate of drug-likeness (QED) is 0.893. The molecule has 4 heteroatoms. The second kappa shape index (κ2) is 4.95. The van der Waals surface area contributed by atoms with Crippen LogP contribution in [0.15, 0.2) is 18.2 Å². The van der Waals surface area contributed by atoms with Crippen LogP contribution in [0, 0.1) is 11.3 Å². The Balaban J connectivity index is 2.02. The molecule has 1 fully saturated rings. The number of nitrogens with zero attached hydrogens (tertiary/aromatic N) is 1. The minimum absolute atomic E-state index is 0.0305. The Hall–Kier alpha value is -1.24. The van der Waals surface area contributed by atoms with E-state index in [2.05, 4.69) is 11.4 Å². The predicted molar refractivity (Wildman–Crippen MR) is 68.2 cm³/mol. The van der Waals surface area contributed by atoms with Crippen molar-refractivity contribution in [1.29, 1.82) is 5.26 Å². The lowest BCUT2D eigenvalue weighted by atomic mass is 9.80. The van der Waals surface area contributed by atoms with Crippen LogP contribution in [0.25, 0.3) is 0 Å². The van der Waals surface area contributed by atoms with Crippen molar-refractivity contribution in [2.75, 3.05) is 19.0 Å². The topological polar surface area (TPSA) is 45.0 Å². The molecule has 0 unspecified atom stereocenters. The standard InChI is InChI=1S/C13H15ClN2O/c1-17-13(5-2-6-13)9-16-12-4-3-10(8-15)7-11(12)14/h3-4,7,16H,2,5-6,9H2,1H3. The maximum absolute atomic E-state index is 8.75. The molecule has 1 aromatic rings. The number of anilines is 1. The lowest BCUT2D eigenvalue weighted by Gasteiger charge is -2.40. The zero-order chi connectivity index (χ0) is 12.3. The fourth-order valence-electron chi connectivity index (χ4n) is 2.01. The number of methoxy groups -OCH3 is 1. The number of hydrogen-bond donors (Lipinski definition) is 1. The summed E-state index contributed by atoms with van der Waals surface area (Å²) >= 11 is 6.09. The van der Waals surface area contributed by atoms with Gasteiger partial charge in [0.1, 0.15) is 0 Å². The zero-order valence-electron chi connectivity index (χ0n) is 9.79. The van der Waals surface area contributed by atoms with E-state index in [1.807, 2.05) is 6.07 Å².